The summed E-state index contributed by atoms with van der Waals surface area (Å²) in [6, 6.07) is 14.2. The number of likely N-dealkylation sites (tertiary alicyclic amines) is 1. The molecule has 0 radical (unpaired) electrons. The summed E-state index contributed by atoms with van der Waals surface area (Å²) in [6.07, 6.45) is 3.26. The van der Waals surface area contributed by atoms with Gasteiger partial charge in [-0.3, -0.25) is 9.79 Å². The summed E-state index contributed by atoms with van der Waals surface area (Å²) in [5.74, 6) is 0.544. The molecule has 0 saturated carbocycles. The van der Waals surface area contributed by atoms with Gasteiger partial charge in [-0.25, -0.2) is 0 Å². The van der Waals surface area contributed by atoms with E-state index in [1.54, 1.807) is 0 Å². The van der Waals surface area contributed by atoms with Crippen molar-refractivity contribution in [3.05, 3.63) is 74.9 Å². The first-order valence-corrected chi connectivity index (χ1v) is 12.8. The Kier molecular flexibility index (Phi) is 8.52. The molecule has 1 aliphatic rings. The molecule has 1 amide bonds. The molecule has 0 bridgehead atoms. The summed E-state index contributed by atoms with van der Waals surface area (Å²) >= 11 is 3.53. The quantitative estimate of drug-likeness (QED) is 0.444. The molecule has 3 rings (SSSR count). The van der Waals surface area contributed by atoms with E-state index in [1.807, 2.05) is 30.0 Å². The number of aryl methyl sites for hydroxylation is 1. The maximum absolute atomic E-state index is 13.5. The molecule has 1 fully saturated rings. The number of allylic oxidation sites excluding steroid dienone is 1. The van der Waals surface area contributed by atoms with Gasteiger partial charge in [-0.05, 0) is 67.1 Å². The van der Waals surface area contributed by atoms with Gasteiger partial charge in [0.15, 0.2) is 0 Å². The van der Waals surface area contributed by atoms with Gasteiger partial charge >= 0.3 is 0 Å². The van der Waals surface area contributed by atoms with Crippen LogP contribution in [0.2, 0.25) is 0 Å². The highest BCUT2D eigenvalue weighted by Gasteiger charge is 2.34. The number of nitrogens with zero attached hydrogens (tertiary/aromatic N) is 2. The molecular weight excluding hydrogens is 474 g/mol. The Morgan fingerprint density at radius 3 is 2.45 bits per heavy atom. The van der Waals surface area contributed by atoms with Crippen LogP contribution < -0.4 is 5.73 Å². The normalized spacial score (nSPS) is 19.3. The number of amides is 1. The van der Waals surface area contributed by atoms with Crippen LogP contribution in [-0.2, 0) is 0 Å². The maximum atomic E-state index is 13.5. The van der Waals surface area contributed by atoms with Crippen molar-refractivity contribution in [1.29, 1.82) is 0 Å². The highest BCUT2D eigenvalue weighted by atomic mass is 79.9. The van der Waals surface area contributed by atoms with Crippen molar-refractivity contribution < 1.29 is 4.79 Å². The third-order valence-corrected chi connectivity index (χ3v) is 7.24. The zero-order valence-electron chi connectivity index (χ0n) is 20.5. The minimum atomic E-state index is -0.0737. The molecule has 4 nitrogen and oxygen atoms in total. The van der Waals surface area contributed by atoms with Crippen molar-refractivity contribution in [1.82, 2.24) is 4.90 Å². The summed E-state index contributed by atoms with van der Waals surface area (Å²) in [5.41, 5.74) is 13.6. The van der Waals surface area contributed by atoms with Crippen LogP contribution in [0, 0.1) is 6.92 Å². The van der Waals surface area contributed by atoms with Gasteiger partial charge in [-0.1, -0.05) is 62.2 Å². The van der Waals surface area contributed by atoms with Gasteiger partial charge in [-0.15, -0.1) is 0 Å². The Bertz CT molecular complexity index is 1050. The number of nitrogens with two attached hydrogens (primary N) is 1. The lowest BCUT2D eigenvalue weighted by Crippen LogP contribution is -2.48. The summed E-state index contributed by atoms with van der Waals surface area (Å²) in [4.78, 5) is 20.5. The largest absolute Gasteiger partial charge is 0.402 e. The van der Waals surface area contributed by atoms with Crippen LogP contribution >= 0.6 is 15.9 Å². The Morgan fingerprint density at radius 2 is 1.88 bits per heavy atom. The zero-order valence-corrected chi connectivity index (χ0v) is 22.1. The second kappa shape index (κ2) is 11.1. The van der Waals surface area contributed by atoms with Crippen LogP contribution in [0.1, 0.15) is 80.8 Å². The molecule has 2 N–H and O–H groups in total. The number of benzene rings is 2. The van der Waals surface area contributed by atoms with Crippen LogP contribution in [0.4, 0.5) is 5.69 Å². The van der Waals surface area contributed by atoms with Crippen molar-refractivity contribution in [3.8, 4) is 0 Å². The van der Waals surface area contributed by atoms with E-state index in [9.17, 15) is 4.79 Å². The number of halogens is 1. The highest BCUT2D eigenvalue weighted by Crippen LogP contribution is 2.31. The number of carbonyl (C=O) groups is 1. The first-order chi connectivity index (χ1) is 15.8. The van der Waals surface area contributed by atoms with Crippen molar-refractivity contribution in [2.45, 2.75) is 72.3 Å². The van der Waals surface area contributed by atoms with Gasteiger partial charge in [0.25, 0.3) is 5.91 Å². The molecule has 2 aromatic rings. The van der Waals surface area contributed by atoms with Crippen molar-refractivity contribution in [2.24, 2.45) is 10.7 Å². The summed E-state index contributed by atoms with van der Waals surface area (Å²) in [6.45, 7) is 11.3. The lowest BCUT2D eigenvalue weighted by atomic mass is 9.88. The monoisotopic (exact) mass is 509 g/mol. The van der Waals surface area contributed by atoms with Gasteiger partial charge in [-0.2, -0.15) is 0 Å². The third-order valence-electron chi connectivity index (χ3n) is 6.35. The Hall–Kier alpha value is -2.40. The maximum Gasteiger partial charge on any atom is 0.254 e. The summed E-state index contributed by atoms with van der Waals surface area (Å²) < 4.78 is 1.01. The molecule has 176 valence electrons. The van der Waals surface area contributed by atoms with E-state index in [2.05, 4.69) is 67.9 Å². The molecule has 0 aliphatic carbocycles. The number of piperidine rings is 1. The minimum Gasteiger partial charge on any atom is -0.402 e. The average molecular weight is 511 g/mol. The van der Waals surface area contributed by atoms with E-state index in [0.29, 0.717) is 24.4 Å². The van der Waals surface area contributed by atoms with Crippen LogP contribution in [0.3, 0.4) is 0 Å². The fourth-order valence-electron chi connectivity index (χ4n) is 4.49. The van der Waals surface area contributed by atoms with Gasteiger partial charge in [0.2, 0.25) is 0 Å². The lowest BCUT2D eigenvalue weighted by molar-refractivity contribution is 0.0699. The average Bonchev–Trinajstić information content (AvgIpc) is 2.80. The van der Waals surface area contributed by atoms with E-state index in [0.717, 1.165) is 52.0 Å². The summed E-state index contributed by atoms with van der Waals surface area (Å²) in [5, 5.41) is 0. The predicted molar refractivity (Wildman–Crippen MR) is 142 cm³/mol. The molecule has 0 spiro atoms. The molecule has 1 atom stereocenters. The molecule has 5 heteroatoms. The van der Waals surface area contributed by atoms with Crippen LogP contribution in [0.5, 0.6) is 0 Å². The third kappa shape index (κ3) is 5.75. The van der Waals surface area contributed by atoms with Crippen molar-refractivity contribution >= 4 is 33.2 Å². The molecule has 1 unspecified atom stereocenters. The zero-order chi connectivity index (χ0) is 24.1. The van der Waals surface area contributed by atoms with E-state index in [-0.39, 0.29) is 11.9 Å². The summed E-state index contributed by atoms with van der Waals surface area (Å²) in [7, 11) is 0. The second-order valence-electron chi connectivity index (χ2n) is 9.13. The highest BCUT2D eigenvalue weighted by molar-refractivity contribution is 9.10. The van der Waals surface area contributed by atoms with Gasteiger partial charge in [0.05, 0.1) is 11.7 Å². The molecule has 2 aromatic carbocycles. The van der Waals surface area contributed by atoms with E-state index >= 15 is 0 Å². The molecule has 1 heterocycles. The van der Waals surface area contributed by atoms with Crippen LogP contribution in [0.25, 0.3) is 0 Å². The number of aliphatic imine (C=N–C) groups is 1. The Labute approximate surface area is 207 Å². The Morgan fingerprint density at radius 1 is 1.18 bits per heavy atom. The fourth-order valence-corrected chi connectivity index (χ4v) is 4.73. The van der Waals surface area contributed by atoms with Crippen molar-refractivity contribution in [2.75, 3.05) is 6.54 Å². The molecule has 1 saturated heterocycles. The van der Waals surface area contributed by atoms with Gasteiger partial charge in [0, 0.05) is 40.0 Å². The molecule has 1 aliphatic heterocycles. The van der Waals surface area contributed by atoms with E-state index in [4.69, 9.17) is 10.7 Å². The van der Waals surface area contributed by atoms with Crippen LogP contribution in [0.15, 0.2) is 63.2 Å². The van der Waals surface area contributed by atoms with E-state index in [1.165, 1.54) is 5.56 Å². The topological polar surface area (TPSA) is 58.7 Å². The SMILES string of the molecule is CCC/C(N)=C1/C(=Nc2ccc(C(C)C)cc2)CCN(C(=O)c2ccc(Br)c(C)c2)C1CC. The Balaban J connectivity index is 1.99. The first kappa shape index (κ1) is 25.2. The fraction of sp³-hybridized carbons (Fsp3) is 0.429. The minimum absolute atomic E-state index is 0.0552. The standard InChI is InChI=1S/C28H36BrN3O/c1-6-8-24(30)27-25(31-22-12-9-20(10-13-22)18(3)4)15-16-32(26(27)7-2)28(33)21-11-14-23(29)19(5)17-21/h9-14,17-18,26H,6-8,15-16,30H2,1-5H3/b27-24+,31-25?. The van der Waals surface area contributed by atoms with Crippen molar-refractivity contribution in [3.63, 3.8) is 0 Å². The number of hydrogen-bond acceptors (Lipinski definition) is 3. The molecule has 0 aromatic heterocycles. The molecular formula is C28H36BrN3O. The molecule has 33 heavy (non-hydrogen) atoms. The lowest BCUT2D eigenvalue weighted by Gasteiger charge is -2.39. The van der Waals surface area contributed by atoms with Gasteiger partial charge in [0.1, 0.15) is 0 Å². The smallest absolute Gasteiger partial charge is 0.254 e. The number of carbonyl (C=O) groups excluding carboxylic acids is 1. The van der Waals surface area contributed by atoms with Crippen LogP contribution in [-0.4, -0.2) is 29.1 Å². The number of hydrogen-bond donors (Lipinski definition) is 1. The first-order valence-electron chi connectivity index (χ1n) is 12.0. The van der Waals surface area contributed by atoms with Gasteiger partial charge < -0.3 is 10.6 Å². The number of rotatable bonds is 6. The van der Waals surface area contributed by atoms with E-state index < -0.39 is 0 Å². The predicted octanol–water partition coefficient (Wildman–Crippen LogP) is 7.29. The second-order valence-corrected chi connectivity index (χ2v) is 9.98.